The molecule has 2 amide bonds. The fourth-order valence-corrected chi connectivity index (χ4v) is 6.76. The monoisotopic (exact) mass is 692 g/mol. The second kappa shape index (κ2) is 17.3. The minimum Gasteiger partial charge on any atom is -0.481 e. The molecule has 2 N–H and O–H groups in total. The van der Waals surface area contributed by atoms with Crippen LogP contribution in [0.5, 0.6) is 23.0 Å². The smallest absolute Gasteiger partial charge is 0.308 e. The maximum absolute atomic E-state index is 14.2. The topological polar surface area (TPSA) is 134 Å². The first-order chi connectivity index (χ1) is 24.7. The summed E-state index contributed by atoms with van der Waals surface area (Å²) in [5.74, 6) is -6.48. The van der Waals surface area contributed by atoms with Crippen LogP contribution in [0, 0.1) is 23.7 Å². The van der Waals surface area contributed by atoms with Gasteiger partial charge in [0, 0.05) is 26.2 Å². The van der Waals surface area contributed by atoms with Crippen molar-refractivity contribution in [2.24, 2.45) is 23.7 Å². The number of hydrogen-bond donors (Lipinski definition) is 2. The van der Waals surface area contributed by atoms with Crippen LogP contribution in [0.1, 0.15) is 44.2 Å². The van der Waals surface area contributed by atoms with E-state index in [-0.39, 0.29) is 19.5 Å². The molecular formula is C41H44N2O8. The minimum atomic E-state index is -1.49. The molecule has 0 unspecified atom stereocenters. The lowest BCUT2D eigenvalue weighted by atomic mass is 9.85. The lowest BCUT2D eigenvalue weighted by molar-refractivity contribution is -0.157. The first kappa shape index (κ1) is 36.6. The molecule has 0 bridgehead atoms. The van der Waals surface area contributed by atoms with E-state index in [1.165, 1.54) is 4.90 Å². The van der Waals surface area contributed by atoms with Gasteiger partial charge in [0.25, 0.3) is 0 Å². The van der Waals surface area contributed by atoms with Gasteiger partial charge in [0.05, 0.1) is 23.7 Å². The van der Waals surface area contributed by atoms with E-state index in [1.807, 2.05) is 98.8 Å². The normalized spacial score (nSPS) is 18.1. The predicted octanol–water partition coefficient (Wildman–Crippen LogP) is 7.49. The number of carbonyl (C=O) groups is 4. The molecule has 1 aliphatic rings. The molecule has 4 aromatic carbocycles. The van der Waals surface area contributed by atoms with E-state index in [1.54, 1.807) is 29.2 Å². The molecule has 0 radical (unpaired) electrons. The van der Waals surface area contributed by atoms with Gasteiger partial charge >= 0.3 is 11.9 Å². The molecule has 266 valence electrons. The Morgan fingerprint density at radius 1 is 0.549 bits per heavy atom. The summed E-state index contributed by atoms with van der Waals surface area (Å²) in [5, 5.41) is 20.8. The van der Waals surface area contributed by atoms with E-state index >= 15 is 0 Å². The van der Waals surface area contributed by atoms with Gasteiger partial charge < -0.3 is 29.5 Å². The van der Waals surface area contributed by atoms with Crippen LogP contribution in [-0.2, 0) is 32.3 Å². The number of benzene rings is 4. The number of carboxylic acid groups (broad SMARTS) is 2. The van der Waals surface area contributed by atoms with Gasteiger partial charge in [-0.3, -0.25) is 19.2 Å². The second-order valence-electron chi connectivity index (χ2n) is 12.8. The van der Waals surface area contributed by atoms with Crippen LogP contribution in [0.25, 0.3) is 0 Å². The molecular weight excluding hydrogens is 648 g/mol. The number of amides is 2. The molecule has 5 rings (SSSR count). The van der Waals surface area contributed by atoms with Gasteiger partial charge in [0.1, 0.15) is 23.0 Å². The summed E-state index contributed by atoms with van der Waals surface area (Å²) >= 11 is 0. The summed E-state index contributed by atoms with van der Waals surface area (Å²) in [6.07, 6.45) is 0.942. The van der Waals surface area contributed by atoms with Crippen LogP contribution >= 0.6 is 0 Å². The number of hydrogen-bond acceptors (Lipinski definition) is 6. The third kappa shape index (κ3) is 9.33. The third-order valence-electron chi connectivity index (χ3n) is 9.13. The fourth-order valence-electron chi connectivity index (χ4n) is 6.76. The highest BCUT2D eigenvalue weighted by molar-refractivity contribution is 5.95. The van der Waals surface area contributed by atoms with Crippen LogP contribution < -0.4 is 9.47 Å². The number of para-hydroxylation sites is 2. The van der Waals surface area contributed by atoms with E-state index in [0.717, 1.165) is 11.1 Å². The average Bonchev–Trinajstić information content (AvgIpc) is 3.55. The SMILES string of the molecule is CCCN(Cc1ccc(Oc2ccccc2)cc1)C(=O)[C@H]1[C@@H](C(=O)O)[C@@H](C(=O)N(CCC)Cc2ccc(Oc3ccccc3)cc2)C[C@H]1C(=O)O. The van der Waals surface area contributed by atoms with Crippen molar-refractivity contribution in [1.82, 2.24) is 9.80 Å². The zero-order valence-corrected chi connectivity index (χ0v) is 28.9. The van der Waals surface area contributed by atoms with Crippen LogP contribution in [0.3, 0.4) is 0 Å². The van der Waals surface area contributed by atoms with E-state index in [9.17, 15) is 29.4 Å². The van der Waals surface area contributed by atoms with Crippen molar-refractivity contribution in [3.63, 3.8) is 0 Å². The van der Waals surface area contributed by atoms with Gasteiger partial charge in [-0.1, -0.05) is 74.5 Å². The fraction of sp³-hybridized carbons (Fsp3) is 0.317. The zero-order chi connectivity index (χ0) is 36.3. The summed E-state index contributed by atoms with van der Waals surface area (Å²) in [6, 6.07) is 33.2. The quantitative estimate of drug-likeness (QED) is 0.123. The number of carboxylic acids is 2. The summed E-state index contributed by atoms with van der Waals surface area (Å²) < 4.78 is 11.8. The maximum Gasteiger partial charge on any atom is 0.308 e. The van der Waals surface area contributed by atoms with E-state index in [0.29, 0.717) is 48.9 Å². The Morgan fingerprint density at radius 2 is 0.961 bits per heavy atom. The van der Waals surface area contributed by atoms with Gasteiger partial charge in [0.2, 0.25) is 11.8 Å². The zero-order valence-electron chi connectivity index (χ0n) is 28.9. The van der Waals surface area contributed by atoms with Crippen molar-refractivity contribution < 1.29 is 38.9 Å². The third-order valence-corrected chi connectivity index (χ3v) is 9.13. The Hall–Kier alpha value is -5.64. The van der Waals surface area contributed by atoms with Crippen LogP contribution in [0.4, 0.5) is 0 Å². The van der Waals surface area contributed by atoms with E-state index in [4.69, 9.17) is 9.47 Å². The van der Waals surface area contributed by atoms with Gasteiger partial charge in [-0.25, -0.2) is 0 Å². The Balaban J connectivity index is 1.33. The van der Waals surface area contributed by atoms with Crippen LogP contribution in [0.15, 0.2) is 109 Å². The van der Waals surface area contributed by atoms with E-state index in [2.05, 4.69) is 0 Å². The summed E-state index contributed by atoms with van der Waals surface area (Å²) in [4.78, 5) is 57.0. The lowest BCUT2D eigenvalue weighted by Gasteiger charge is -2.31. The summed E-state index contributed by atoms with van der Waals surface area (Å²) in [5.41, 5.74) is 1.58. The molecule has 10 heteroatoms. The molecule has 0 aliphatic heterocycles. The molecule has 4 aromatic rings. The highest BCUT2D eigenvalue weighted by Gasteiger charge is 2.57. The molecule has 1 fully saturated rings. The van der Waals surface area contributed by atoms with Gasteiger partial charge in [-0.2, -0.15) is 0 Å². The van der Waals surface area contributed by atoms with E-state index < -0.39 is 47.4 Å². The first-order valence-corrected chi connectivity index (χ1v) is 17.3. The molecule has 10 nitrogen and oxygen atoms in total. The van der Waals surface area contributed by atoms with Crippen molar-refractivity contribution in [1.29, 1.82) is 0 Å². The second-order valence-corrected chi connectivity index (χ2v) is 12.8. The van der Waals surface area contributed by atoms with Gasteiger partial charge in [-0.05, 0) is 78.9 Å². The van der Waals surface area contributed by atoms with Crippen LogP contribution in [-0.4, -0.2) is 56.9 Å². The number of rotatable bonds is 16. The Morgan fingerprint density at radius 3 is 1.35 bits per heavy atom. The summed E-state index contributed by atoms with van der Waals surface area (Å²) in [6.45, 7) is 4.79. The average molecular weight is 693 g/mol. The maximum atomic E-state index is 14.2. The molecule has 51 heavy (non-hydrogen) atoms. The molecule has 1 aliphatic carbocycles. The highest BCUT2D eigenvalue weighted by Crippen LogP contribution is 2.44. The predicted molar refractivity (Wildman–Crippen MR) is 191 cm³/mol. The van der Waals surface area contributed by atoms with Crippen molar-refractivity contribution in [3.05, 3.63) is 120 Å². The van der Waals surface area contributed by atoms with Crippen molar-refractivity contribution in [2.45, 2.75) is 46.2 Å². The lowest BCUT2D eigenvalue weighted by Crippen LogP contribution is -2.45. The van der Waals surface area contributed by atoms with Gasteiger partial charge in [0.15, 0.2) is 0 Å². The van der Waals surface area contributed by atoms with Gasteiger partial charge in [-0.15, -0.1) is 0 Å². The number of aliphatic carboxylic acids is 2. The minimum absolute atomic E-state index is 0.151. The highest BCUT2D eigenvalue weighted by atomic mass is 16.5. The Labute approximate surface area is 298 Å². The molecule has 1 saturated carbocycles. The molecule has 0 heterocycles. The Bertz CT molecular complexity index is 1760. The molecule has 0 aromatic heterocycles. The molecule has 0 saturated heterocycles. The van der Waals surface area contributed by atoms with Crippen molar-refractivity contribution in [3.8, 4) is 23.0 Å². The van der Waals surface area contributed by atoms with Crippen molar-refractivity contribution >= 4 is 23.8 Å². The largest absolute Gasteiger partial charge is 0.481 e. The molecule has 0 spiro atoms. The van der Waals surface area contributed by atoms with Crippen LogP contribution in [0.2, 0.25) is 0 Å². The summed E-state index contributed by atoms with van der Waals surface area (Å²) in [7, 11) is 0. The number of carbonyl (C=O) groups excluding carboxylic acids is 2. The standard InChI is InChI=1S/C41H44N2O8/c1-3-23-42(26-28-15-19-32(20-16-28)50-30-11-7-5-8-12-30)38(44)34-25-35(40(46)47)36(37(34)41(48)49)39(45)43(24-4-2)27-29-17-21-33(22-18-29)51-31-13-9-6-10-14-31/h5-22,34-37H,3-4,23-27H2,1-2H3,(H,46,47)(H,48,49)/t34-,35+,36+,37-/m0/s1. The number of ether oxygens (including phenoxy) is 2. The first-order valence-electron chi connectivity index (χ1n) is 17.3. The van der Waals surface area contributed by atoms with Crippen molar-refractivity contribution in [2.75, 3.05) is 13.1 Å². The Kier molecular flexibility index (Phi) is 12.5. The molecule has 4 atom stereocenters. The number of nitrogens with zero attached hydrogens (tertiary/aromatic N) is 2.